The monoisotopic (exact) mass is 241 g/mol. The molecule has 1 aromatic rings. The molecule has 3 heteroatoms. The van der Waals surface area contributed by atoms with Crippen molar-refractivity contribution in [2.45, 2.75) is 32.7 Å². The van der Waals surface area contributed by atoms with Crippen LogP contribution in [0.1, 0.15) is 35.6 Å². The van der Waals surface area contributed by atoms with Crippen molar-refractivity contribution in [3.05, 3.63) is 41.5 Å². The summed E-state index contributed by atoms with van der Waals surface area (Å²) in [6.45, 7) is 7.65. The van der Waals surface area contributed by atoms with Gasteiger partial charge in [0.15, 0.2) is 0 Å². The molecule has 0 amide bonds. The zero-order chi connectivity index (χ0) is 11.4. The first-order valence-electron chi connectivity index (χ1n) is 5.23. The first-order chi connectivity index (χ1) is 7.06. The fraction of sp³-hybridized carbons (Fsp3) is 0.385. The smallest absolute Gasteiger partial charge is 0.116 e. The number of phenols is 1. The molecule has 16 heavy (non-hydrogen) atoms. The summed E-state index contributed by atoms with van der Waals surface area (Å²) in [6.07, 6.45) is 3.70. The van der Waals surface area contributed by atoms with E-state index >= 15 is 0 Å². The van der Waals surface area contributed by atoms with Crippen molar-refractivity contribution in [3.63, 3.8) is 0 Å². The SMILES string of the molecule is C=CCC[C@H](N)c1c(C)cc(O)cc1C.Cl. The number of nitrogens with two attached hydrogens (primary N) is 1. The Kier molecular flexibility index (Phi) is 6.16. The maximum Gasteiger partial charge on any atom is 0.116 e. The molecule has 0 radical (unpaired) electrons. The molecule has 1 atom stereocenters. The van der Waals surface area contributed by atoms with Gasteiger partial charge in [0.2, 0.25) is 0 Å². The second kappa shape index (κ2) is 6.56. The molecule has 0 bridgehead atoms. The normalized spacial score (nSPS) is 11.7. The number of phenolic OH excluding ortho intramolecular Hbond substituents is 1. The minimum atomic E-state index is 0. The largest absolute Gasteiger partial charge is 0.508 e. The van der Waals surface area contributed by atoms with E-state index in [-0.39, 0.29) is 18.4 Å². The number of hydrogen-bond donors (Lipinski definition) is 2. The zero-order valence-electron chi connectivity index (χ0n) is 9.86. The van der Waals surface area contributed by atoms with Crippen LogP contribution in [-0.2, 0) is 0 Å². The Morgan fingerprint density at radius 1 is 1.38 bits per heavy atom. The van der Waals surface area contributed by atoms with E-state index in [0.29, 0.717) is 5.75 Å². The molecular formula is C13H20ClNO. The standard InChI is InChI=1S/C13H19NO.ClH/c1-4-5-6-12(14)13-9(2)7-11(15)8-10(13)3;/h4,7-8,12,15H,1,5-6,14H2,2-3H3;1H/t12-;/m0./s1. The third-order valence-electron chi connectivity index (χ3n) is 2.63. The predicted molar refractivity (Wildman–Crippen MR) is 71.2 cm³/mol. The highest BCUT2D eigenvalue weighted by Gasteiger charge is 2.12. The van der Waals surface area contributed by atoms with Gasteiger partial charge in [0, 0.05) is 6.04 Å². The van der Waals surface area contributed by atoms with Gasteiger partial charge in [-0.3, -0.25) is 0 Å². The summed E-state index contributed by atoms with van der Waals surface area (Å²) in [5.74, 6) is 0.310. The molecule has 0 unspecified atom stereocenters. The third-order valence-corrected chi connectivity index (χ3v) is 2.63. The fourth-order valence-corrected chi connectivity index (χ4v) is 1.98. The van der Waals surface area contributed by atoms with E-state index in [1.54, 1.807) is 12.1 Å². The lowest BCUT2D eigenvalue weighted by molar-refractivity contribution is 0.473. The summed E-state index contributed by atoms with van der Waals surface area (Å²) < 4.78 is 0. The number of rotatable bonds is 4. The van der Waals surface area contributed by atoms with E-state index in [1.807, 2.05) is 19.9 Å². The zero-order valence-corrected chi connectivity index (χ0v) is 10.7. The maximum atomic E-state index is 9.42. The van der Waals surface area contributed by atoms with Gasteiger partial charge >= 0.3 is 0 Å². The molecule has 3 N–H and O–H groups in total. The van der Waals surface area contributed by atoms with Crippen molar-refractivity contribution in [2.24, 2.45) is 5.73 Å². The van der Waals surface area contributed by atoms with Gasteiger partial charge in [0.05, 0.1) is 0 Å². The first kappa shape index (κ1) is 15.0. The van der Waals surface area contributed by atoms with E-state index in [4.69, 9.17) is 5.73 Å². The molecular weight excluding hydrogens is 222 g/mol. The third kappa shape index (κ3) is 3.54. The average Bonchev–Trinajstić information content (AvgIpc) is 2.12. The number of benzene rings is 1. The molecule has 0 saturated heterocycles. The highest BCUT2D eigenvalue weighted by atomic mass is 35.5. The van der Waals surface area contributed by atoms with Crippen molar-refractivity contribution in [1.29, 1.82) is 0 Å². The number of hydrogen-bond acceptors (Lipinski definition) is 2. The van der Waals surface area contributed by atoms with Crippen molar-refractivity contribution in [3.8, 4) is 5.75 Å². The van der Waals surface area contributed by atoms with Crippen LogP contribution in [0.2, 0.25) is 0 Å². The lowest BCUT2D eigenvalue weighted by Crippen LogP contribution is -2.13. The van der Waals surface area contributed by atoms with E-state index in [1.165, 1.54) is 0 Å². The van der Waals surface area contributed by atoms with Gasteiger partial charge in [-0.2, -0.15) is 0 Å². The Morgan fingerprint density at radius 3 is 2.31 bits per heavy atom. The summed E-state index contributed by atoms with van der Waals surface area (Å²) >= 11 is 0. The number of allylic oxidation sites excluding steroid dienone is 1. The fourth-order valence-electron chi connectivity index (χ4n) is 1.98. The topological polar surface area (TPSA) is 46.2 Å². The Morgan fingerprint density at radius 2 is 1.88 bits per heavy atom. The summed E-state index contributed by atoms with van der Waals surface area (Å²) in [5, 5.41) is 9.42. The molecule has 0 saturated carbocycles. The average molecular weight is 242 g/mol. The molecule has 0 spiro atoms. The van der Waals surface area contributed by atoms with Gasteiger partial charge in [-0.15, -0.1) is 19.0 Å². The van der Waals surface area contributed by atoms with Crippen LogP contribution in [0.5, 0.6) is 5.75 Å². The predicted octanol–water partition coefficient (Wildman–Crippen LogP) is 3.40. The van der Waals surface area contributed by atoms with Crippen molar-refractivity contribution < 1.29 is 5.11 Å². The van der Waals surface area contributed by atoms with Crippen molar-refractivity contribution in [2.75, 3.05) is 0 Å². The van der Waals surface area contributed by atoms with E-state index in [9.17, 15) is 5.11 Å². The molecule has 0 aliphatic rings. The van der Waals surface area contributed by atoms with Crippen LogP contribution in [0.4, 0.5) is 0 Å². The quantitative estimate of drug-likeness (QED) is 0.794. The maximum absolute atomic E-state index is 9.42. The Labute approximate surface area is 104 Å². The van der Waals surface area contributed by atoms with Crippen molar-refractivity contribution >= 4 is 12.4 Å². The number of aryl methyl sites for hydroxylation is 2. The van der Waals surface area contributed by atoms with Crippen LogP contribution in [0.15, 0.2) is 24.8 Å². The van der Waals surface area contributed by atoms with Gasteiger partial charge in [-0.1, -0.05) is 6.08 Å². The van der Waals surface area contributed by atoms with Gasteiger partial charge in [0.25, 0.3) is 0 Å². The summed E-state index contributed by atoms with van der Waals surface area (Å²) in [5.41, 5.74) is 9.37. The molecule has 0 aliphatic heterocycles. The minimum Gasteiger partial charge on any atom is -0.508 e. The molecule has 0 heterocycles. The Bertz CT molecular complexity index is 340. The van der Waals surface area contributed by atoms with E-state index in [0.717, 1.165) is 29.5 Å². The number of halogens is 1. The van der Waals surface area contributed by atoms with Crippen LogP contribution >= 0.6 is 12.4 Å². The van der Waals surface area contributed by atoms with Crippen LogP contribution < -0.4 is 5.73 Å². The van der Waals surface area contributed by atoms with Gasteiger partial charge < -0.3 is 10.8 Å². The van der Waals surface area contributed by atoms with Crippen LogP contribution in [0.25, 0.3) is 0 Å². The van der Waals surface area contributed by atoms with Crippen LogP contribution in [0, 0.1) is 13.8 Å². The summed E-state index contributed by atoms with van der Waals surface area (Å²) in [4.78, 5) is 0. The van der Waals surface area contributed by atoms with Crippen LogP contribution in [-0.4, -0.2) is 5.11 Å². The minimum absolute atomic E-state index is 0. The molecule has 1 rings (SSSR count). The van der Waals surface area contributed by atoms with Crippen LogP contribution in [0.3, 0.4) is 0 Å². The molecule has 0 aliphatic carbocycles. The van der Waals surface area contributed by atoms with Crippen molar-refractivity contribution in [1.82, 2.24) is 0 Å². The highest BCUT2D eigenvalue weighted by molar-refractivity contribution is 5.85. The van der Waals surface area contributed by atoms with Gasteiger partial charge in [-0.25, -0.2) is 0 Å². The molecule has 0 fully saturated rings. The Hall–Kier alpha value is -0.990. The molecule has 0 aromatic heterocycles. The second-order valence-corrected chi connectivity index (χ2v) is 3.97. The molecule has 90 valence electrons. The number of aromatic hydroxyl groups is 1. The summed E-state index contributed by atoms with van der Waals surface area (Å²) in [6, 6.07) is 3.55. The first-order valence-corrected chi connectivity index (χ1v) is 5.23. The highest BCUT2D eigenvalue weighted by Crippen LogP contribution is 2.27. The van der Waals surface area contributed by atoms with Gasteiger partial charge in [-0.05, 0) is 55.5 Å². The molecule has 1 aromatic carbocycles. The summed E-state index contributed by atoms with van der Waals surface area (Å²) in [7, 11) is 0. The Balaban J connectivity index is 0.00000225. The lowest BCUT2D eigenvalue weighted by Gasteiger charge is -2.17. The molecule has 2 nitrogen and oxygen atoms in total. The van der Waals surface area contributed by atoms with Gasteiger partial charge in [0.1, 0.15) is 5.75 Å². The van der Waals surface area contributed by atoms with E-state index < -0.39 is 0 Å². The second-order valence-electron chi connectivity index (χ2n) is 3.97. The lowest BCUT2D eigenvalue weighted by atomic mass is 9.93. The van der Waals surface area contributed by atoms with E-state index in [2.05, 4.69) is 6.58 Å².